The van der Waals surface area contributed by atoms with Crippen molar-refractivity contribution in [3.05, 3.63) is 52.5 Å². The first kappa shape index (κ1) is 15.7. The quantitative estimate of drug-likeness (QED) is 0.750. The van der Waals surface area contributed by atoms with Gasteiger partial charge in [0.2, 0.25) is 0 Å². The SMILES string of the molecule is COc1cccc2c1O[C@@]1(C)C[C@H]2NC(=S)N1c1ccc(Br)cc1. The van der Waals surface area contributed by atoms with Gasteiger partial charge in [-0.05, 0) is 49.5 Å². The van der Waals surface area contributed by atoms with Gasteiger partial charge in [-0.2, -0.15) is 0 Å². The summed E-state index contributed by atoms with van der Waals surface area (Å²) in [5, 5.41) is 4.12. The van der Waals surface area contributed by atoms with Crippen LogP contribution in [0.2, 0.25) is 0 Å². The van der Waals surface area contributed by atoms with Crippen LogP contribution in [0.1, 0.15) is 24.9 Å². The van der Waals surface area contributed by atoms with Crippen LogP contribution in [0.25, 0.3) is 0 Å². The zero-order valence-corrected chi connectivity index (χ0v) is 15.8. The van der Waals surface area contributed by atoms with Gasteiger partial charge >= 0.3 is 0 Å². The molecule has 0 aromatic heterocycles. The van der Waals surface area contributed by atoms with Crippen LogP contribution in [0.3, 0.4) is 0 Å². The molecule has 0 amide bonds. The molecule has 1 saturated heterocycles. The number of hydrogen-bond acceptors (Lipinski definition) is 3. The van der Waals surface area contributed by atoms with Gasteiger partial charge in [-0.1, -0.05) is 28.1 Å². The minimum absolute atomic E-state index is 0.119. The molecule has 2 aliphatic heterocycles. The Morgan fingerprint density at radius 2 is 2.04 bits per heavy atom. The van der Waals surface area contributed by atoms with E-state index in [1.807, 2.05) is 41.3 Å². The predicted octanol–water partition coefficient (Wildman–Crippen LogP) is 4.39. The molecule has 2 aliphatic rings. The van der Waals surface area contributed by atoms with Crippen molar-refractivity contribution in [2.24, 2.45) is 0 Å². The second-order valence-electron chi connectivity index (χ2n) is 6.17. The third-order valence-corrected chi connectivity index (χ3v) is 5.40. The number of fused-ring (bicyclic) bond motifs is 4. The summed E-state index contributed by atoms with van der Waals surface area (Å²) < 4.78 is 13.0. The van der Waals surface area contributed by atoms with E-state index in [1.54, 1.807) is 7.11 Å². The van der Waals surface area contributed by atoms with Gasteiger partial charge in [0, 0.05) is 22.1 Å². The summed E-state index contributed by atoms with van der Waals surface area (Å²) in [6.45, 7) is 2.07. The summed E-state index contributed by atoms with van der Waals surface area (Å²) in [7, 11) is 1.66. The van der Waals surface area contributed by atoms with E-state index in [4.69, 9.17) is 21.7 Å². The van der Waals surface area contributed by atoms with Gasteiger partial charge in [0.25, 0.3) is 0 Å². The summed E-state index contributed by atoms with van der Waals surface area (Å²) in [5.74, 6) is 1.53. The highest BCUT2D eigenvalue weighted by atomic mass is 79.9. The molecule has 0 radical (unpaired) electrons. The molecule has 4 nitrogen and oxygen atoms in total. The van der Waals surface area contributed by atoms with E-state index in [-0.39, 0.29) is 6.04 Å². The highest BCUT2D eigenvalue weighted by molar-refractivity contribution is 9.10. The molecule has 0 spiro atoms. The number of nitrogens with zero attached hydrogens (tertiary/aromatic N) is 1. The molecule has 1 fully saturated rings. The van der Waals surface area contributed by atoms with E-state index in [2.05, 4.69) is 34.2 Å². The Hall–Kier alpha value is -1.79. The Kier molecular flexibility index (Phi) is 3.69. The monoisotopic (exact) mass is 404 g/mol. The van der Waals surface area contributed by atoms with E-state index in [9.17, 15) is 0 Å². The number of hydrogen-bond donors (Lipinski definition) is 1. The molecule has 0 aliphatic carbocycles. The van der Waals surface area contributed by atoms with Crippen molar-refractivity contribution in [3.8, 4) is 11.5 Å². The fourth-order valence-electron chi connectivity index (χ4n) is 3.50. The van der Waals surface area contributed by atoms with Crippen LogP contribution in [-0.4, -0.2) is 17.9 Å². The summed E-state index contributed by atoms with van der Waals surface area (Å²) >= 11 is 9.13. The largest absolute Gasteiger partial charge is 0.493 e. The molecule has 124 valence electrons. The average Bonchev–Trinajstić information content (AvgIpc) is 2.55. The molecule has 0 unspecified atom stereocenters. The van der Waals surface area contributed by atoms with Crippen molar-refractivity contribution in [1.82, 2.24) is 5.32 Å². The smallest absolute Gasteiger partial charge is 0.188 e. The van der Waals surface area contributed by atoms with Crippen LogP contribution in [0.15, 0.2) is 46.9 Å². The number of para-hydroxylation sites is 1. The van der Waals surface area contributed by atoms with Crippen LogP contribution in [0.4, 0.5) is 5.69 Å². The minimum Gasteiger partial charge on any atom is -0.493 e. The summed E-state index contributed by atoms with van der Waals surface area (Å²) in [5.41, 5.74) is 1.52. The molecule has 2 aromatic rings. The molecule has 4 rings (SSSR count). The number of rotatable bonds is 2. The maximum absolute atomic E-state index is 6.44. The van der Waals surface area contributed by atoms with Crippen LogP contribution >= 0.6 is 28.1 Å². The van der Waals surface area contributed by atoms with E-state index >= 15 is 0 Å². The maximum Gasteiger partial charge on any atom is 0.188 e. The molecule has 24 heavy (non-hydrogen) atoms. The minimum atomic E-state index is -0.567. The van der Waals surface area contributed by atoms with E-state index in [0.717, 1.165) is 33.6 Å². The molecule has 6 heteroatoms. The number of nitrogens with one attached hydrogen (secondary N) is 1. The highest BCUT2D eigenvalue weighted by Gasteiger charge is 2.49. The number of thiocarbonyl (C=S) groups is 1. The van der Waals surface area contributed by atoms with Crippen molar-refractivity contribution < 1.29 is 9.47 Å². The lowest BCUT2D eigenvalue weighted by molar-refractivity contribution is 0.0464. The number of benzene rings is 2. The van der Waals surface area contributed by atoms with Crippen molar-refractivity contribution in [3.63, 3.8) is 0 Å². The topological polar surface area (TPSA) is 33.7 Å². The Labute approximate surface area is 154 Å². The van der Waals surface area contributed by atoms with Crippen molar-refractivity contribution >= 4 is 38.9 Å². The van der Waals surface area contributed by atoms with Crippen LogP contribution in [-0.2, 0) is 0 Å². The number of halogens is 1. The van der Waals surface area contributed by atoms with Gasteiger partial charge < -0.3 is 14.8 Å². The van der Waals surface area contributed by atoms with Crippen LogP contribution in [0.5, 0.6) is 11.5 Å². The standard InChI is InChI=1S/C18H17BrN2O2S/c1-18-10-14(13-4-3-5-15(22-2)16(13)23-18)20-17(24)21(18)12-8-6-11(19)7-9-12/h3-9,14H,10H2,1-2H3,(H,20,24)/t14-,18+/m1/s1. The normalized spacial score (nSPS) is 24.7. The number of anilines is 1. The van der Waals surface area contributed by atoms with Gasteiger partial charge in [0.05, 0.1) is 13.2 Å². The lowest BCUT2D eigenvalue weighted by atomic mass is 9.90. The summed E-state index contributed by atoms with van der Waals surface area (Å²) in [6, 6.07) is 14.2. The Bertz CT molecular complexity index is 811. The van der Waals surface area contributed by atoms with Crippen molar-refractivity contribution in [2.45, 2.75) is 25.1 Å². The number of ether oxygens (including phenoxy) is 2. The van der Waals surface area contributed by atoms with Crippen molar-refractivity contribution in [1.29, 1.82) is 0 Å². The van der Waals surface area contributed by atoms with Gasteiger partial charge in [-0.15, -0.1) is 0 Å². The molecule has 1 N–H and O–H groups in total. The maximum atomic E-state index is 6.44. The molecular formula is C18H17BrN2O2S. The summed E-state index contributed by atoms with van der Waals surface area (Å²) in [4.78, 5) is 2.04. The van der Waals surface area contributed by atoms with E-state index in [1.165, 1.54) is 0 Å². The predicted molar refractivity (Wildman–Crippen MR) is 102 cm³/mol. The van der Waals surface area contributed by atoms with Gasteiger partial charge in [-0.25, -0.2) is 0 Å². The van der Waals surface area contributed by atoms with Gasteiger partial charge in [0.1, 0.15) is 0 Å². The Balaban J connectivity index is 1.81. The zero-order valence-electron chi connectivity index (χ0n) is 13.4. The Morgan fingerprint density at radius 3 is 2.75 bits per heavy atom. The van der Waals surface area contributed by atoms with Crippen molar-refractivity contribution in [2.75, 3.05) is 12.0 Å². The first-order chi connectivity index (χ1) is 11.5. The molecule has 0 saturated carbocycles. The fraction of sp³-hybridized carbons (Fsp3) is 0.278. The average molecular weight is 405 g/mol. The zero-order chi connectivity index (χ0) is 16.9. The third-order valence-electron chi connectivity index (χ3n) is 4.57. The fourth-order valence-corrected chi connectivity index (χ4v) is 4.21. The number of methoxy groups -OCH3 is 1. The van der Waals surface area contributed by atoms with Crippen LogP contribution in [0, 0.1) is 0 Å². The summed E-state index contributed by atoms with van der Waals surface area (Å²) in [6.07, 6.45) is 0.795. The third kappa shape index (κ3) is 2.36. The van der Waals surface area contributed by atoms with Gasteiger partial charge in [0.15, 0.2) is 22.3 Å². The van der Waals surface area contributed by atoms with Crippen LogP contribution < -0.4 is 19.7 Å². The first-order valence-electron chi connectivity index (χ1n) is 7.74. The highest BCUT2D eigenvalue weighted by Crippen LogP contribution is 2.49. The molecular weight excluding hydrogens is 388 g/mol. The van der Waals surface area contributed by atoms with Gasteiger partial charge in [-0.3, -0.25) is 4.90 Å². The second-order valence-corrected chi connectivity index (χ2v) is 7.48. The first-order valence-corrected chi connectivity index (χ1v) is 8.94. The second kappa shape index (κ2) is 5.63. The molecule has 2 aromatic carbocycles. The molecule has 2 bridgehead atoms. The van der Waals surface area contributed by atoms with E-state index in [0.29, 0.717) is 5.11 Å². The lowest BCUT2D eigenvalue weighted by Crippen LogP contribution is -2.65. The molecule has 2 heterocycles. The molecule has 2 atom stereocenters. The Morgan fingerprint density at radius 1 is 1.29 bits per heavy atom. The van der Waals surface area contributed by atoms with E-state index < -0.39 is 5.72 Å². The lowest BCUT2D eigenvalue weighted by Gasteiger charge is -2.52.